The second kappa shape index (κ2) is 8.14. The van der Waals surface area contributed by atoms with Crippen molar-refractivity contribution in [1.29, 1.82) is 0 Å². The van der Waals surface area contributed by atoms with Crippen LogP contribution < -0.4 is 5.56 Å². The van der Waals surface area contributed by atoms with E-state index in [1.54, 1.807) is 6.07 Å². The molecule has 0 spiro atoms. The van der Waals surface area contributed by atoms with Gasteiger partial charge in [0, 0.05) is 22.6 Å². The normalized spacial score (nSPS) is 15.2. The lowest BCUT2D eigenvalue weighted by atomic mass is 9.75. The zero-order valence-corrected chi connectivity index (χ0v) is 21.0. The number of carbonyl (C=O) groups is 1. The Kier molecular flexibility index (Phi) is 5.81. The summed E-state index contributed by atoms with van der Waals surface area (Å²) in [5.41, 5.74) is 4.88. The fraction of sp³-hybridized carbons (Fsp3) is 0.400. The van der Waals surface area contributed by atoms with Gasteiger partial charge in [-0.3, -0.25) is 14.2 Å². The lowest BCUT2D eigenvalue weighted by molar-refractivity contribution is 0.0909. The van der Waals surface area contributed by atoms with Crippen molar-refractivity contribution in [2.75, 3.05) is 0 Å². The molecule has 0 unspecified atom stereocenters. The summed E-state index contributed by atoms with van der Waals surface area (Å²) >= 11 is 4.95. The van der Waals surface area contributed by atoms with E-state index in [1.165, 1.54) is 11.3 Å². The van der Waals surface area contributed by atoms with Crippen LogP contribution in [0.5, 0.6) is 0 Å². The molecular weight excluding hydrogens is 472 g/mol. The van der Waals surface area contributed by atoms with Crippen LogP contribution in [0, 0.1) is 12.3 Å². The van der Waals surface area contributed by atoms with Gasteiger partial charge in [0.15, 0.2) is 5.78 Å². The summed E-state index contributed by atoms with van der Waals surface area (Å²) in [5.74, 6) is 0.0978. The SMILES string of the molecule is CCc1cccc(CC)c1-n1c2c(cc(-c3nc(Br)c(C)s3)c1=O)C(=O)CC(C)(C)C2. The summed E-state index contributed by atoms with van der Waals surface area (Å²) in [6.07, 6.45) is 2.79. The van der Waals surface area contributed by atoms with Gasteiger partial charge in [0.2, 0.25) is 0 Å². The van der Waals surface area contributed by atoms with Gasteiger partial charge in [0.25, 0.3) is 5.56 Å². The van der Waals surface area contributed by atoms with Crippen LogP contribution in [0.15, 0.2) is 33.7 Å². The largest absolute Gasteiger partial charge is 0.294 e. The molecular formula is C25H27BrN2O2S. The summed E-state index contributed by atoms with van der Waals surface area (Å²) in [5, 5.41) is 0.649. The molecule has 0 saturated carbocycles. The van der Waals surface area contributed by atoms with Gasteiger partial charge in [0.05, 0.1) is 11.3 Å². The topological polar surface area (TPSA) is 52.0 Å². The Bertz CT molecular complexity index is 1210. The van der Waals surface area contributed by atoms with Gasteiger partial charge >= 0.3 is 0 Å². The van der Waals surface area contributed by atoms with E-state index in [-0.39, 0.29) is 16.8 Å². The fourth-order valence-electron chi connectivity index (χ4n) is 4.50. The van der Waals surface area contributed by atoms with Crippen molar-refractivity contribution in [3.05, 3.63) is 66.5 Å². The molecule has 4 nitrogen and oxygen atoms in total. The van der Waals surface area contributed by atoms with Crippen molar-refractivity contribution in [2.24, 2.45) is 5.41 Å². The number of aromatic nitrogens is 2. The van der Waals surface area contributed by atoms with E-state index < -0.39 is 0 Å². The summed E-state index contributed by atoms with van der Waals surface area (Å²) in [6, 6.07) is 8.01. The number of hydrogen-bond donors (Lipinski definition) is 0. The molecule has 2 aromatic heterocycles. The van der Waals surface area contributed by atoms with Crippen molar-refractivity contribution in [1.82, 2.24) is 9.55 Å². The Morgan fingerprint density at radius 2 is 1.74 bits per heavy atom. The molecule has 162 valence electrons. The molecule has 6 heteroatoms. The molecule has 0 aliphatic heterocycles. The van der Waals surface area contributed by atoms with Gasteiger partial charge in [-0.15, -0.1) is 11.3 Å². The van der Waals surface area contributed by atoms with Crippen LogP contribution >= 0.6 is 27.3 Å². The van der Waals surface area contributed by atoms with Crippen molar-refractivity contribution >= 4 is 33.0 Å². The van der Waals surface area contributed by atoms with E-state index in [4.69, 9.17) is 0 Å². The number of halogens is 1. The predicted molar refractivity (Wildman–Crippen MR) is 131 cm³/mol. The average Bonchev–Trinajstić information content (AvgIpc) is 3.04. The van der Waals surface area contributed by atoms with Gasteiger partial charge in [-0.25, -0.2) is 4.98 Å². The van der Waals surface area contributed by atoms with Gasteiger partial charge < -0.3 is 0 Å². The third kappa shape index (κ3) is 3.85. The Balaban J connectivity index is 2.14. The highest BCUT2D eigenvalue weighted by Gasteiger charge is 2.35. The van der Waals surface area contributed by atoms with E-state index in [0.717, 1.165) is 44.8 Å². The van der Waals surface area contributed by atoms with Crippen molar-refractivity contribution < 1.29 is 4.79 Å². The zero-order chi connectivity index (χ0) is 22.5. The minimum absolute atomic E-state index is 0.0962. The molecule has 0 bridgehead atoms. The summed E-state index contributed by atoms with van der Waals surface area (Å²) in [6.45, 7) is 10.4. The lowest BCUT2D eigenvalue weighted by Crippen LogP contribution is -2.35. The Hall–Kier alpha value is -2.05. The van der Waals surface area contributed by atoms with E-state index in [9.17, 15) is 9.59 Å². The van der Waals surface area contributed by atoms with Crippen LogP contribution in [0.3, 0.4) is 0 Å². The first-order valence-corrected chi connectivity index (χ1v) is 12.3. The number of pyridine rings is 1. The number of nitrogens with zero attached hydrogens (tertiary/aromatic N) is 2. The number of carbonyl (C=O) groups excluding carboxylic acids is 1. The highest BCUT2D eigenvalue weighted by molar-refractivity contribution is 9.10. The predicted octanol–water partition coefficient (Wildman–Crippen LogP) is 6.31. The first-order chi connectivity index (χ1) is 14.7. The summed E-state index contributed by atoms with van der Waals surface area (Å²) in [7, 11) is 0. The van der Waals surface area contributed by atoms with Crippen molar-refractivity contribution in [3.8, 4) is 16.3 Å². The molecule has 0 saturated heterocycles. The van der Waals surface area contributed by atoms with Crippen LogP contribution in [0.25, 0.3) is 16.3 Å². The molecule has 4 rings (SSSR count). The Labute approximate surface area is 195 Å². The highest BCUT2D eigenvalue weighted by atomic mass is 79.9. The molecule has 0 fully saturated rings. The fourth-order valence-corrected chi connectivity index (χ4v) is 5.85. The monoisotopic (exact) mass is 498 g/mol. The molecule has 2 heterocycles. The third-order valence-corrected chi connectivity index (χ3v) is 8.09. The molecule has 3 aromatic rings. The number of hydrogen-bond acceptors (Lipinski definition) is 4. The molecule has 0 radical (unpaired) electrons. The second-order valence-corrected chi connectivity index (χ2v) is 11.0. The molecule has 1 aromatic carbocycles. The molecule has 1 aliphatic rings. The van der Waals surface area contributed by atoms with Gasteiger partial charge in [-0.2, -0.15) is 0 Å². The number of fused-ring (bicyclic) bond motifs is 1. The van der Waals surface area contributed by atoms with E-state index in [1.807, 2.05) is 11.5 Å². The molecule has 1 aliphatic carbocycles. The van der Waals surface area contributed by atoms with Crippen LogP contribution in [-0.4, -0.2) is 15.3 Å². The number of benzene rings is 1. The highest BCUT2D eigenvalue weighted by Crippen LogP contribution is 2.38. The van der Waals surface area contributed by atoms with Gasteiger partial charge in [-0.1, -0.05) is 45.9 Å². The molecule has 31 heavy (non-hydrogen) atoms. The van der Waals surface area contributed by atoms with Crippen LogP contribution in [0.4, 0.5) is 0 Å². The van der Waals surface area contributed by atoms with E-state index in [0.29, 0.717) is 29.0 Å². The average molecular weight is 499 g/mol. The molecule has 0 atom stereocenters. The summed E-state index contributed by atoms with van der Waals surface area (Å²) < 4.78 is 2.58. The van der Waals surface area contributed by atoms with Crippen LogP contribution in [-0.2, 0) is 19.3 Å². The maximum absolute atomic E-state index is 14.0. The molecule has 0 amide bonds. The second-order valence-electron chi connectivity index (χ2n) is 9.00. The number of ketones is 1. The maximum Gasteiger partial charge on any atom is 0.265 e. The Morgan fingerprint density at radius 3 is 2.29 bits per heavy atom. The van der Waals surface area contributed by atoms with Gasteiger partial charge in [-0.05, 0) is 64.7 Å². The quantitative estimate of drug-likeness (QED) is 0.423. The van der Waals surface area contributed by atoms with Gasteiger partial charge in [0.1, 0.15) is 9.61 Å². The first kappa shape index (κ1) is 22.2. The maximum atomic E-state index is 14.0. The first-order valence-electron chi connectivity index (χ1n) is 10.7. The number of Topliss-reactive ketones (excluding diaryl/α,β-unsaturated/α-hetero) is 1. The number of para-hydroxylation sites is 1. The van der Waals surface area contributed by atoms with E-state index >= 15 is 0 Å². The minimum atomic E-state index is -0.186. The van der Waals surface area contributed by atoms with Crippen molar-refractivity contribution in [3.63, 3.8) is 0 Å². The van der Waals surface area contributed by atoms with Crippen LogP contribution in [0.2, 0.25) is 0 Å². The minimum Gasteiger partial charge on any atom is -0.294 e. The smallest absolute Gasteiger partial charge is 0.265 e. The number of thiazole rings is 1. The standard InChI is InChI=1S/C25H27BrN2O2S/c1-6-15-9-8-10-16(7-2)21(15)28-19-12-25(4,5)13-20(29)17(19)11-18(24(28)30)23-27-22(26)14(3)31-23/h8-11H,6-7,12-13H2,1-5H3. The van der Waals surface area contributed by atoms with E-state index in [2.05, 4.69) is 66.8 Å². The van der Waals surface area contributed by atoms with Crippen molar-refractivity contribution in [2.45, 2.75) is 60.3 Å². The zero-order valence-electron chi connectivity index (χ0n) is 18.6. The Morgan fingerprint density at radius 1 is 1.10 bits per heavy atom. The lowest BCUT2D eigenvalue weighted by Gasteiger charge is -2.33. The number of rotatable bonds is 4. The number of aryl methyl sites for hydroxylation is 3. The molecule has 0 N–H and O–H groups in total. The summed E-state index contributed by atoms with van der Waals surface area (Å²) in [4.78, 5) is 32.8. The van der Waals surface area contributed by atoms with Crippen LogP contribution in [0.1, 0.15) is 66.2 Å². The third-order valence-electron chi connectivity index (χ3n) is 6.05.